The molecule has 0 spiro atoms. The number of fused-ring (bicyclic) bond motifs is 2. The number of carbonyl (C=O) groups excluding carboxylic acids is 6. The fourth-order valence-corrected chi connectivity index (χ4v) is 5.99. The van der Waals surface area contributed by atoms with E-state index in [2.05, 4.69) is 31.7 Å². The van der Waals surface area contributed by atoms with Gasteiger partial charge in [0, 0.05) is 35.7 Å². The monoisotopic (exact) mass is 781 g/mol. The summed E-state index contributed by atoms with van der Waals surface area (Å²) in [7, 11) is 0. The van der Waals surface area contributed by atoms with Gasteiger partial charge in [-0.05, 0) is 56.0 Å². The molecule has 0 aliphatic carbocycles. The van der Waals surface area contributed by atoms with Crippen molar-refractivity contribution in [2.75, 3.05) is 23.3 Å². The van der Waals surface area contributed by atoms with Crippen molar-refractivity contribution in [1.82, 2.24) is 21.3 Å². The number of anilines is 2. The molecule has 3 aromatic rings. The van der Waals surface area contributed by atoms with Crippen molar-refractivity contribution in [2.45, 2.75) is 78.7 Å². The van der Waals surface area contributed by atoms with Crippen molar-refractivity contribution < 1.29 is 33.9 Å². The molecule has 0 fully saturated rings. The van der Waals surface area contributed by atoms with E-state index in [1.807, 2.05) is 50.2 Å². The molecule has 57 heavy (non-hydrogen) atoms. The van der Waals surface area contributed by atoms with Crippen LogP contribution in [-0.2, 0) is 41.9 Å². The summed E-state index contributed by atoms with van der Waals surface area (Å²) in [6.45, 7) is 8.00. The second-order valence-corrected chi connectivity index (χ2v) is 14.1. The van der Waals surface area contributed by atoms with E-state index >= 15 is 0 Å². The molecular formula is C41H51N9O7. The molecule has 302 valence electrons. The number of aliphatic hydroxyl groups is 1. The third kappa shape index (κ3) is 12.0. The molecule has 16 heteroatoms. The van der Waals surface area contributed by atoms with Crippen LogP contribution in [0.1, 0.15) is 69.7 Å². The summed E-state index contributed by atoms with van der Waals surface area (Å²) in [5.74, 6) is 2.31. The van der Waals surface area contributed by atoms with Gasteiger partial charge in [0.15, 0.2) is 0 Å². The topological polar surface area (TPSA) is 237 Å². The number of carbonyl (C=O) groups is 6. The Morgan fingerprint density at radius 3 is 2.02 bits per heavy atom. The predicted octanol–water partition coefficient (Wildman–Crippen LogP) is 1.88. The highest BCUT2D eigenvalue weighted by atomic mass is 16.3. The normalized spacial score (nSPS) is 14.8. The van der Waals surface area contributed by atoms with Gasteiger partial charge in [-0.15, -0.1) is 0 Å². The van der Waals surface area contributed by atoms with Gasteiger partial charge in [-0.3, -0.25) is 33.8 Å². The summed E-state index contributed by atoms with van der Waals surface area (Å²) >= 11 is 0. The summed E-state index contributed by atoms with van der Waals surface area (Å²) in [6.07, 6.45) is -0.368. The van der Waals surface area contributed by atoms with Crippen molar-refractivity contribution in [2.24, 2.45) is 21.9 Å². The summed E-state index contributed by atoms with van der Waals surface area (Å²) in [5, 5.41) is 26.0. The number of para-hydroxylation sites is 1. The van der Waals surface area contributed by atoms with Gasteiger partial charge in [0.25, 0.3) is 0 Å². The number of aliphatic hydroxyl groups excluding tert-OH is 1. The highest BCUT2D eigenvalue weighted by Gasteiger charge is 2.30. The van der Waals surface area contributed by atoms with Crippen LogP contribution in [0.4, 0.5) is 11.4 Å². The van der Waals surface area contributed by atoms with Gasteiger partial charge in [0.05, 0.1) is 37.6 Å². The van der Waals surface area contributed by atoms with Crippen LogP contribution in [0.5, 0.6) is 0 Å². The van der Waals surface area contributed by atoms with Crippen molar-refractivity contribution in [1.29, 1.82) is 0 Å². The van der Waals surface area contributed by atoms with Crippen molar-refractivity contribution >= 4 is 58.2 Å². The molecular weight excluding hydrogens is 731 g/mol. The number of nitrogens with zero attached hydrogens (tertiary/aromatic N) is 3. The van der Waals surface area contributed by atoms with Gasteiger partial charge in [0.2, 0.25) is 35.4 Å². The van der Waals surface area contributed by atoms with Gasteiger partial charge >= 0.3 is 0 Å². The highest BCUT2D eigenvalue weighted by molar-refractivity contribution is 6.55. The smallest absolute Gasteiger partial charge is 0.246 e. The molecule has 4 rings (SSSR count). The highest BCUT2D eigenvalue weighted by Crippen LogP contribution is 2.30. The van der Waals surface area contributed by atoms with Gasteiger partial charge in [0.1, 0.15) is 17.8 Å². The molecule has 2 atom stereocenters. The summed E-state index contributed by atoms with van der Waals surface area (Å²) in [5.41, 5.74) is 5.02. The number of nitrogens with one attached hydrogen (secondary N) is 5. The fraction of sp³-hybridized carbons (Fsp3) is 0.366. The van der Waals surface area contributed by atoms with Crippen LogP contribution in [0.3, 0.4) is 0 Å². The van der Waals surface area contributed by atoms with E-state index in [0.717, 1.165) is 11.1 Å². The first-order valence-electron chi connectivity index (χ1n) is 18.7. The third-order valence-corrected chi connectivity index (χ3v) is 8.97. The zero-order chi connectivity index (χ0) is 41.6. The number of benzene rings is 3. The molecule has 1 aliphatic rings. The molecule has 0 aromatic heterocycles. The minimum absolute atomic E-state index is 0.0520. The number of aliphatic imine (C=N–C) groups is 1. The molecule has 3 aromatic carbocycles. The zero-order valence-corrected chi connectivity index (χ0v) is 32.8. The molecule has 8 N–H and O–H groups in total. The maximum Gasteiger partial charge on any atom is 0.246 e. The van der Waals surface area contributed by atoms with Gasteiger partial charge in [-0.1, -0.05) is 68.4 Å². The Morgan fingerprint density at radius 1 is 0.737 bits per heavy atom. The number of rotatable bonds is 15. The minimum Gasteiger partial charge on any atom is -0.392 e. The molecule has 6 amide bonds. The molecule has 0 bridgehead atoms. The first-order chi connectivity index (χ1) is 27.2. The number of amides is 6. The number of hydrogen-bond acceptors (Lipinski definition) is 10. The van der Waals surface area contributed by atoms with Crippen molar-refractivity contribution in [3.05, 3.63) is 95.1 Å². The molecule has 0 radical (unpaired) electrons. The average Bonchev–Trinajstić information content (AvgIpc) is 3.19. The Bertz CT molecular complexity index is 2010. The van der Waals surface area contributed by atoms with Gasteiger partial charge in [-0.2, -0.15) is 5.10 Å². The molecule has 1 heterocycles. The Balaban J connectivity index is 1.27. The Kier molecular flexibility index (Phi) is 15.6. The van der Waals surface area contributed by atoms with Crippen molar-refractivity contribution in [3.63, 3.8) is 0 Å². The lowest BCUT2D eigenvalue weighted by Crippen LogP contribution is -2.55. The third-order valence-electron chi connectivity index (χ3n) is 8.97. The fourth-order valence-electron chi connectivity index (χ4n) is 5.99. The maximum atomic E-state index is 13.7. The second-order valence-electron chi connectivity index (χ2n) is 14.1. The lowest BCUT2D eigenvalue weighted by Gasteiger charge is -2.30. The summed E-state index contributed by atoms with van der Waals surface area (Å²) < 4.78 is 0. The zero-order valence-electron chi connectivity index (χ0n) is 32.8. The van der Waals surface area contributed by atoms with E-state index < -0.39 is 54.7 Å². The lowest BCUT2D eigenvalue weighted by molar-refractivity contribution is -0.132. The molecule has 0 unspecified atom stereocenters. The average molecular weight is 782 g/mol. The molecule has 1 aliphatic heterocycles. The van der Waals surface area contributed by atoms with E-state index in [1.165, 1.54) is 6.92 Å². The first-order valence-corrected chi connectivity index (χ1v) is 18.7. The van der Waals surface area contributed by atoms with Crippen LogP contribution in [0.15, 0.2) is 82.9 Å². The molecule has 0 saturated heterocycles. The second kappa shape index (κ2) is 20.5. The molecule has 16 nitrogen and oxygen atoms in total. The van der Waals surface area contributed by atoms with Crippen LogP contribution in [-0.4, -0.2) is 83.2 Å². The van der Waals surface area contributed by atoms with Crippen LogP contribution < -0.4 is 37.3 Å². The van der Waals surface area contributed by atoms with Gasteiger partial charge in [-0.25, -0.2) is 0 Å². The van der Waals surface area contributed by atoms with Crippen LogP contribution in [0.2, 0.25) is 0 Å². The van der Waals surface area contributed by atoms with E-state index in [1.54, 1.807) is 55.1 Å². The maximum absolute atomic E-state index is 13.7. The molecule has 0 saturated carbocycles. The lowest BCUT2D eigenvalue weighted by atomic mass is 9.91. The first kappa shape index (κ1) is 43.3. The summed E-state index contributed by atoms with van der Waals surface area (Å²) in [4.78, 5) is 83.8. The quantitative estimate of drug-likeness (QED) is 0.0886. The number of nitrogens with two attached hydrogens (primary N) is 1. The Hall–Kier alpha value is -6.42. The number of hydrazone groups is 1. The Labute approximate surface area is 331 Å². The predicted molar refractivity (Wildman–Crippen MR) is 217 cm³/mol. The van der Waals surface area contributed by atoms with E-state index in [-0.39, 0.29) is 43.9 Å². The number of hydrogen-bond donors (Lipinski definition) is 7. The van der Waals surface area contributed by atoms with E-state index in [4.69, 9.17) is 10.8 Å². The summed E-state index contributed by atoms with van der Waals surface area (Å²) in [6, 6.07) is 19.4. The minimum atomic E-state index is -1.01. The standard InChI is InChI=1S/C41H51N9O7/c1-24(2)37(41(57)46-26(5)40(56)47-29-16-14-27(23-51)15-17-29)48-35(54)21-44-34(53)20-43-33(52)18-19-36(55)50-22-28-10-6-7-11-30(28)38(45-25(3)4)39(49-42)31-12-8-9-13-32(31)50/h6-17,24-26,37,51H,18-23,42H2,1-5H3,(H,43,52)(H,44,53)(H,46,57)(H,47,56)(H,48,54)/t26-,37-/m0/s1. The van der Waals surface area contributed by atoms with Crippen LogP contribution in [0, 0.1) is 5.92 Å². The largest absolute Gasteiger partial charge is 0.392 e. The van der Waals surface area contributed by atoms with Crippen LogP contribution >= 0.6 is 0 Å². The van der Waals surface area contributed by atoms with Crippen molar-refractivity contribution in [3.8, 4) is 0 Å². The van der Waals surface area contributed by atoms with E-state index in [9.17, 15) is 33.9 Å². The van der Waals surface area contributed by atoms with E-state index in [0.29, 0.717) is 33.9 Å². The Morgan fingerprint density at radius 2 is 1.37 bits per heavy atom. The SMILES string of the molecule is CC(C)N=C1C(=NN)c2ccccc2N(C(=O)CCC(=O)NCC(=O)NCC(=O)N[C@H](C(=O)N[C@@H](C)C(=O)Nc2ccc(CO)cc2)C(C)C)Cc2ccccc21. The van der Waals surface area contributed by atoms with Gasteiger partial charge < -0.3 is 42.4 Å². The van der Waals surface area contributed by atoms with Crippen LogP contribution in [0.25, 0.3) is 0 Å².